The van der Waals surface area contributed by atoms with Gasteiger partial charge in [0.2, 0.25) is 0 Å². The largest absolute Gasteiger partial charge is 0.395 e. The molecular weight excluding hydrogens is 240 g/mol. The zero-order valence-electron chi connectivity index (χ0n) is 13.3. The van der Waals surface area contributed by atoms with Gasteiger partial charge in [-0.1, -0.05) is 0 Å². The van der Waals surface area contributed by atoms with Gasteiger partial charge in [0.25, 0.3) is 0 Å². The second kappa shape index (κ2) is 7.02. The minimum Gasteiger partial charge on any atom is -0.395 e. The first kappa shape index (κ1) is 16.9. The van der Waals surface area contributed by atoms with Crippen molar-refractivity contribution in [1.82, 2.24) is 10.2 Å². The van der Waals surface area contributed by atoms with Crippen molar-refractivity contribution in [2.24, 2.45) is 5.41 Å². The highest BCUT2D eigenvalue weighted by Crippen LogP contribution is 2.30. The molecule has 1 saturated heterocycles. The summed E-state index contributed by atoms with van der Waals surface area (Å²) in [4.78, 5) is 2.36. The van der Waals surface area contributed by atoms with Crippen LogP contribution in [0.2, 0.25) is 0 Å². The molecule has 1 atom stereocenters. The summed E-state index contributed by atoms with van der Waals surface area (Å²) in [6.45, 7) is 15.6. The van der Waals surface area contributed by atoms with Crippen LogP contribution in [0.4, 0.5) is 0 Å². The highest BCUT2D eigenvalue weighted by atomic mass is 16.5. The normalized spacial score (nSPS) is 24.6. The van der Waals surface area contributed by atoms with Crippen LogP contribution < -0.4 is 5.32 Å². The number of hydrogen-bond donors (Lipinski definition) is 2. The first-order chi connectivity index (χ1) is 8.78. The zero-order chi connectivity index (χ0) is 14.5. The van der Waals surface area contributed by atoms with Crippen molar-refractivity contribution in [1.29, 1.82) is 0 Å². The van der Waals surface area contributed by atoms with Gasteiger partial charge in [-0.05, 0) is 41.0 Å². The van der Waals surface area contributed by atoms with Gasteiger partial charge in [-0.15, -0.1) is 0 Å². The number of ether oxygens (including phenoxy) is 1. The summed E-state index contributed by atoms with van der Waals surface area (Å²) in [6.07, 6.45) is 1.10. The van der Waals surface area contributed by atoms with Crippen molar-refractivity contribution in [3.05, 3.63) is 0 Å². The molecule has 0 spiro atoms. The van der Waals surface area contributed by atoms with Gasteiger partial charge >= 0.3 is 0 Å². The predicted octanol–water partition coefficient (Wildman–Crippen LogP) is 1.48. The fraction of sp³-hybridized carbons (Fsp3) is 1.00. The lowest BCUT2D eigenvalue weighted by molar-refractivity contribution is 0.0762. The maximum atomic E-state index is 9.21. The fourth-order valence-corrected chi connectivity index (χ4v) is 2.50. The molecule has 1 aliphatic rings. The number of rotatable bonds is 7. The summed E-state index contributed by atoms with van der Waals surface area (Å²) in [5.74, 6) is 0. The van der Waals surface area contributed by atoms with E-state index in [1.54, 1.807) is 0 Å². The third-order valence-electron chi connectivity index (χ3n) is 3.83. The predicted molar refractivity (Wildman–Crippen MR) is 79.4 cm³/mol. The summed E-state index contributed by atoms with van der Waals surface area (Å²) in [5.41, 5.74) is 0.321. The van der Waals surface area contributed by atoms with Gasteiger partial charge in [-0.3, -0.25) is 4.90 Å². The second-order valence-corrected chi connectivity index (χ2v) is 7.19. The van der Waals surface area contributed by atoms with E-state index in [2.05, 4.69) is 44.8 Å². The molecule has 4 heteroatoms. The molecule has 0 amide bonds. The van der Waals surface area contributed by atoms with Gasteiger partial charge in [0.1, 0.15) is 0 Å². The van der Waals surface area contributed by atoms with Crippen LogP contribution in [-0.4, -0.2) is 61.0 Å². The average Bonchev–Trinajstić information content (AvgIpc) is 2.74. The molecular formula is C15H32N2O2. The minimum absolute atomic E-state index is 0.134. The van der Waals surface area contributed by atoms with Gasteiger partial charge in [-0.25, -0.2) is 0 Å². The Morgan fingerprint density at radius 2 is 2.05 bits per heavy atom. The Balaban J connectivity index is 2.64. The average molecular weight is 272 g/mol. The molecule has 0 aromatic heterocycles. The van der Waals surface area contributed by atoms with Crippen LogP contribution >= 0.6 is 0 Å². The molecule has 1 aliphatic heterocycles. The Bertz CT molecular complexity index is 255. The van der Waals surface area contributed by atoms with Crippen LogP contribution in [0.1, 0.15) is 41.0 Å². The molecule has 0 aliphatic carbocycles. The van der Waals surface area contributed by atoms with Crippen molar-refractivity contribution in [2.45, 2.75) is 52.6 Å². The first-order valence-corrected chi connectivity index (χ1v) is 7.46. The van der Waals surface area contributed by atoms with Gasteiger partial charge in [0.15, 0.2) is 0 Å². The van der Waals surface area contributed by atoms with E-state index in [4.69, 9.17) is 4.74 Å². The third-order valence-corrected chi connectivity index (χ3v) is 3.83. The summed E-state index contributed by atoms with van der Waals surface area (Å²) < 4.78 is 5.66. The van der Waals surface area contributed by atoms with E-state index in [9.17, 15) is 5.11 Å². The molecule has 1 rings (SSSR count). The SMILES string of the molecule is CC(C)N(CCO)CC1(CNC(C)(C)C)CCOC1. The molecule has 1 heterocycles. The van der Waals surface area contributed by atoms with Crippen molar-refractivity contribution < 1.29 is 9.84 Å². The van der Waals surface area contributed by atoms with E-state index < -0.39 is 0 Å². The minimum atomic E-state index is 0.134. The highest BCUT2D eigenvalue weighted by Gasteiger charge is 2.37. The Morgan fingerprint density at radius 1 is 1.37 bits per heavy atom. The quantitative estimate of drug-likeness (QED) is 0.737. The monoisotopic (exact) mass is 272 g/mol. The standard InChI is InChI=1S/C15H32N2O2/c1-13(2)17(7-8-18)11-15(6-9-19-12-15)10-16-14(3,4)5/h13,16,18H,6-12H2,1-5H3. The van der Waals surface area contributed by atoms with Crippen molar-refractivity contribution in [3.63, 3.8) is 0 Å². The van der Waals surface area contributed by atoms with Gasteiger partial charge in [-0.2, -0.15) is 0 Å². The molecule has 0 radical (unpaired) electrons. The number of nitrogens with one attached hydrogen (secondary N) is 1. The topological polar surface area (TPSA) is 44.7 Å². The van der Waals surface area contributed by atoms with Crippen LogP contribution in [0.3, 0.4) is 0 Å². The van der Waals surface area contributed by atoms with Crippen LogP contribution in [0.5, 0.6) is 0 Å². The molecule has 114 valence electrons. The van der Waals surface area contributed by atoms with Crippen LogP contribution in [0.15, 0.2) is 0 Å². The van der Waals surface area contributed by atoms with Crippen molar-refractivity contribution >= 4 is 0 Å². The van der Waals surface area contributed by atoms with Crippen LogP contribution in [0, 0.1) is 5.41 Å². The number of aliphatic hydroxyl groups excluding tert-OH is 1. The van der Waals surface area contributed by atoms with Crippen LogP contribution in [0.25, 0.3) is 0 Å². The molecule has 0 bridgehead atoms. The zero-order valence-corrected chi connectivity index (χ0v) is 13.3. The number of aliphatic hydroxyl groups is 1. The van der Waals surface area contributed by atoms with E-state index >= 15 is 0 Å². The van der Waals surface area contributed by atoms with E-state index in [1.165, 1.54) is 0 Å². The highest BCUT2D eigenvalue weighted by molar-refractivity contribution is 4.91. The van der Waals surface area contributed by atoms with E-state index in [0.29, 0.717) is 6.04 Å². The fourth-order valence-electron chi connectivity index (χ4n) is 2.50. The van der Waals surface area contributed by atoms with Crippen molar-refractivity contribution in [2.75, 3.05) is 39.5 Å². The van der Waals surface area contributed by atoms with Crippen LogP contribution in [-0.2, 0) is 4.74 Å². The summed E-state index contributed by atoms with van der Waals surface area (Å²) in [7, 11) is 0. The van der Waals surface area contributed by atoms with E-state index in [0.717, 1.165) is 39.3 Å². The molecule has 2 N–H and O–H groups in total. The van der Waals surface area contributed by atoms with E-state index in [-0.39, 0.29) is 17.6 Å². The van der Waals surface area contributed by atoms with Gasteiger partial charge < -0.3 is 15.2 Å². The first-order valence-electron chi connectivity index (χ1n) is 7.46. The smallest absolute Gasteiger partial charge is 0.0558 e. The molecule has 19 heavy (non-hydrogen) atoms. The maximum absolute atomic E-state index is 9.21. The Labute approximate surface area is 118 Å². The Hall–Kier alpha value is -0.160. The molecule has 0 aromatic rings. The molecule has 0 aromatic carbocycles. The number of nitrogens with zero attached hydrogens (tertiary/aromatic N) is 1. The van der Waals surface area contributed by atoms with Gasteiger partial charge in [0.05, 0.1) is 13.2 Å². The molecule has 1 fully saturated rings. The molecule has 0 saturated carbocycles. The van der Waals surface area contributed by atoms with Gasteiger partial charge in [0, 0.05) is 43.2 Å². The maximum Gasteiger partial charge on any atom is 0.0558 e. The summed E-state index contributed by atoms with van der Waals surface area (Å²) in [6, 6.07) is 0.458. The second-order valence-electron chi connectivity index (χ2n) is 7.19. The lowest BCUT2D eigenvalue weighted by Gasteiger charge is -2.38. The summed E-state index contributed by atoms with van der Waals surface area (Å²) in [5, 5.41) is 12.8. The Kier molecular flexibility index (Phi) is 6.24. The lowest BCUT2D eigenvalue weighted by atomic mass is 9.85. The lowest BCUT2D eigenvalue weighted by Crippen LogP contribution is -2.51. The molecule has 1 unspecified atom stereocenters. The third kappa shape index (κ3) is 5.78. The molecule has 4 nitrogen and oxygen atoms in total. The Morgan fingerprint density at radius 3 is 2.47 bits per heavy atom. The number of hydrogen-bond acceptors (Lipinski definition) is 4. The van der Waals surface area contributed by atoms with E-state index in [1.807, 2.05) is 0 Å². The summed E-state index contributed by atoms with van der Waals surface area (Å²) >= 11 is 0. The van der Waals surface area contributed by atoms with Crippen molar-refractivity contribution in [3.8, 4) is 0 Å².